The molecule has 0 amide bonds. The summed E-state index contributed by atoms with van der Waals surface area (Å²) < 4.78 is 61.6. The number of rotatable bonds is 9. The number of hydrogen-bond acceptors (Lipinski definition) is 3. The van der Waals surface area contributed by atoms with Crippen LogP contribution < -0.4 is 9.47 Å². The van der Waals surface area contributed by atoms with Crippen molar-refractivity contribution in [3.63, 3.8) is 0 Å². The number of alkyl halides is 3. The average molecular weight is 484 g/mol. The first-order valence-electron chi connectivity index (χ1n) is 11.5. The van der Waals surface area contributed by atoms with Gasteiger partial charge < -0.3 is 9.47 Å². The quantitative estimate of drug-likeness (QED) is 0.179. The van der Waals surface area contributed by atoms with Crippen LogP contribution in [-0.4, -0.2) is 18.0 Å². The summed E-state index contributed by atoms with van der Waals surface area (Å²) in [6, 6.07) is 18.5. The lowest BCUT2D eigenvalue weighted by Crippen LogP contribution is -2.17. The summed E-state index contributed by atoms with van der Waals surface area (Å²) in [4.78, 5) is 4.47. The Hall–Kier alpha value is -3.61. The van der Waals surface area contributed by atoms with E-state index in [9.17, 15) is 13.2 Å². The number of fused-ring (bicyclic) bond motifs is 1. The van der Waals surface area contributed by atoms with Gasteiger partial charge in [0.15, 0.2) is 0 Å². The number of pyridine rings is 1. The molecule has 4 rings (SSSR count). The molecular weight excluding hydrogens is 458 g/mol. The molecule has 0 N–H and O–H groups in total. The normalized spacial score (nSPS) is 11.6. The van der Waals surface area contributed by atoms with Crippen molar-refractivity contribution in [2.75, 3.05) is 6.61 Å². The molecule has 0 aliphatic carbocycles. The summed E-state index contributed by atoms with van der Waals surface area (Å²) in [7, 11) is 0. The Morgan fingerprint density at radius 3 is 2.31 bits per heavy atom. The van der Waals surface area contributed by atoms with E-state index in [2.05, 4.69) is 16.6 Å². The van der Waals surface area contributed by atoms with Crippen LogP contribution in [0.15, 0.2) is 72.9 Å². The van der Waals surface area contributed by atoms with Crippen molar-refractivity contribution in [1.29, 1.82) is 0 Å². The third-order valence-corrected chi connectivity index (χ3v) is 5.67. The minimum atomic E-state index is -4.72. The van der Waals surface area contributed by atoms with Crippen molar-refractivity contribution in [3.05, 3.63) is 89.9 Å². The number of benzene rings is 3. The monoisotopic (exact) mass is 483 g/mol. The molecule has 0 aliphatic rings. The molecule has 0 fully saturated rings. The first kappa shape index (κ1) is 24.5. The van der Waals surface area contributed by atoms with E-state index in [4.69, 9.17) is 4.74 Å². The van der Waals surface area contributed by atoms with Crippen molar-refractivity contribution in [2.45, 2.75) is 39.0 Å². The first-order chi connectivity index (χ1) is 16.8. The highest BCUT2D eigenvalue weighted by atomic mass is 19.4. The topological polar surface area (TPSA) is 31.4 Å². The molecule has 0 saturated heterocycles. The molecule has 0 radical (unpaired) electrons. The minimum Gasteiger partial charge on any atom is -0.492 e. The van der Waals surface area contributed by atoms with Crippen molar-refractivity contribution in [3.8, 4) is 22.8 Å². The van der Waals surface area contributed by atoms with Crippen LogP contribution in [-0.2, 0) is 12.8 Å². The van der Waals surface area contributed by atoms with Crippen molar-refractivity contribution >= 4 is 10.8 Å². The number of ether oxygens (including phenoxy) is 2. The van der Waals surface area contributed by atoms with Crippen LogP contribution in [0.2, 0.25) is 0 Å². The Morgan fingerprint density at radius 2 is 1.63 bits per heavy atom. The second-order valence-corrected chi connectivity index (χ2v) is 8.25. The number of aryl methyl sites for hydroxylation is 2. The second kappa shape index (κ2) is 10.8. The summed E-state index contributed by atoms with van der Waals surface area (Å²) in [5, 5.41) is 1.28. The Morgan fingerprint density at radius 1 is 0.857 bits per heavy atom. The summed E-state index contributed by atoms with van der Waals surface area (Å²) in [5.41, 5.74) is 3.00. The Bertz CT molecular complexity index is 1270. The number of hydrogen-bond donors (Lipinski definition) is 0. The van der Waals surface area contributed by atoms with Gasteiger partial charge in [0.25, 0.3) is 0 Å². The lowest BCUT2D eigenvalue weighted by atomic mass is 9.98. The second-order valence-electron chi connectivity index (χ2n) is 8.25. The molecule has 0 spiro atoms. The predicted octanol–water partition coefficient (Wildman–Crippen LogP) is 7.90. The highest BCUT2D eigenvalue weighted by molar-refractivity contribution is 5.88. The first-order valence-corrected chi connectivity index (χ1v) is 11.5. The van der Waals surface area contributed by atoms with Crippen LogP contribution in [0, 0.1) is 5.82 Å². The largest absolute Gasteiger partial charge is 0.573 e. The molecule has 3 aromatic carbocycles. The lowest BCUT2D eigenvalue weighted by molar-refractivity contribution is -0.274. The van der Waals surface area contributed by atoms with Gasteiger partial charge in [0.2, 0.25) is 0 Å². The van der Waals surface area contributed by atoms with Crippen molar-refractivity contribution in [1.82, 2.24) is 4.98 Å². The number of unbranched alkanes of at least 4 members (excludes halogenated alkanes) is 1. The van der Waals surface area contributed by atoms with Crippen LogP contribution in [0.4, 0.5) is 17.6 Å². The van der Waals surface area contributed by atoms with Gasteiger partial charge in [-0.25, -0.2) is 4.39 Å². The molecule has 0 bridgehead atoms. The molecule has 0 unspecified atom stereocenters. The maximum Gasteiger partial charge on any atom is 0.573 e. The van der Waals surface area contributed by atoms with Crippen molar-refractivity contribution < 1.29 is 27.0 Å². The van der Waals surface area contributed by atoms with Gasteiger partial charge in [-0.2, -0.15) is 0 Å². The Kier molecular flexibility index (Phi) is 7.54. The highest BCUT2D eigenvalue weighted by Crippen LogP contribution is 2.28. The zero-order valence-electron chi connectivity index (χ0n) is 19.2. The summed E-state index contributed by atoms with van der Waals surface area (Å²) >= 11 is 0. The van der Waals surface area contributed by atoms with Gasteiger partial charge >= 0.3 is 6.36 Å². The van der Waals surface area contributed by atoms with Gasteiger partial charge in [-0.15, -0.1) is 13.2 Å². The zero-order valence-corrected chi connectivity index (χ0v) is 19.2. The van der Waals surface area contributed by atoms with Crippen LogP contribution in [0.3, 0.4) is 0 Å². The van der Waals surface area contributed by atoms with Crippen LogP contribution in [0.1, 0.15) is 30.9 Å². The Balaban J connectivity index is 1.44. The maximum absolute atomic E-state index is 15.2. The smallest absolute Gasteiger partial charge is 0.492 e. The standard InChI is InChI=1S/C28H25F4NO2/c1-2-3-16-34-24-13-15-26(33-18-24)22-10-14-25-21(17-22)9-8-20(27(25)29)7-4-19-5-11-23(12-6-19)35-28(30,31)32/h5-6,8-15,17-18H,2-4,7,16H2,1H3. The molecule has 0 aliphatic heterocycles. The molecular formula is C28H25F4NO2. The number of aromatic nitrogens is 1. The van der Waals surface area contributed by atoms with Gasteiger partial charge in [-0.3, -0.25) is 4.98 Å². The molecule has 3 nitrogen and oxygen atoms in total. The molecule has 0 saturated carbocycles. The summed E-state index contributed by atoms with van der Waals surface area (Å²) in [5.74, 6) is 0.155. The number of halogens is 4. The van der Waals surface area contributed by atoms with Gasteiger partial charge in [0.1, 0.15) is 17.3 Å². The average Bonchev–Trinajstić information content (AvgIpc) is 2.84. The fourth-order valence-corrected chi connectivity index (χ4v) is 3.80. The van der Waals surface area contributed by atoms with Crippen LogP contribution in [0.5, 0.6) is 11.5 Å². The molecule has 4 aromatic rings. The SMILES string of the molecule is CCCCOc1ccc(-c2ccc3c(F)c(CCc4ccc(OC(F)(F)F)cc4)ccc3c2)nc1. The highest BCUT2D eigenvalue weighted by Gasteiger charge is 2.30. The van der Waals surface area contributed by atoms with Gasteiger partial charge in [-0.05, 0) is 66.1 Å². The fourth-order valence-electron chi connectivity index (χ4n) is 3.80. The van der Waals surface area contributed by atoms with E-state index in [0.717, 1.165) is 40.8 Å². The minimum absolute atomic E-state index is 0.276. The summed E-state index contributed by atoms with van der Waals surface area (Å²) in [6.07, 6.45) is -0.0656. The molecule has 1 aromatic heterocycles. The number of nitrogens with zero attached hydrogens (tertiary/aromatic N) is 1. The molecule has 7 heteroatoms. The van der Waals surface area contributed by atoms with E-state index in [0.29, 0.717) is 30.4 Å². The lowest BCUT2D eigenvalue weighted by Gasteiger charge is -2.11. The molecule has 182 valence electrons. The van der Waals surface area contributed by atoms with Crippen LogP contribution in [0.25, 0.3) is 22.0 Å². The fraction of sp³-hybridized carbons (Fsp3) is 0.250. The third-order valence-electron chi connectivity index (χ3n) is 5.67. The van der Waals surface area contributed by atoms with Crippen LogP contribution >= 0.6 is 0 Å². The summed E-state index contributed by atoms with van der Waals surface area (Å²) in [6.45, 7) is 2.77. The van der Waals surface area contributed by atoms with E-state index in [1.807, 2.05) is 30.3 Å². The molecule has 1 heterocycles. The van der Waals surface area contributed by atoms with Crippen molar-refractivity contribution in [2.24, 2.45) is 0 Å². The Labute approximate surface area is 201 Å². The van der Waals surface area contributed by atoms with E-state index in [1.54, 1.807) is 30.5 Å². The van der Waals surface area contributed by atoms with E-state index >= 15 is 4.39 Å². The zero-order chi connectivity index (χ0) is 24.8. The maximum atomic E-state index is 15.2. The van der Waals surface area contributed by atoms with Gasteiger partial charge in [0.05, 0.1) is 18.5 Å². The van der Waals surface area contributed by atoms with Gasteiger partial charge in [-0.1, -0.05) is 49.7 Å². The molecule has 35 heavy (non-hydrogen) atoms. The predicted molar refractivity (Wildman–Crippen MR) is 128 cm³/mol. The van der Waals surface area contributed by atoms with E-state index < -0.39 is 6.36 Å². The van der Waals surface area contributed by atoms with E-state index in [-0.39, 0.29) is 11.6 Å². The third kappa shape index (κ3) is 6.50. The van der Waals surface area contributed by atoms with Gasteiger partial charge in [0, 0.05) is 10.9 Å². The molecule has 0 atom stereocenters. The van der Waals surface area contributed by atoms with E-state index in [1.165, 1.54) is 12.1 Å².